The molecule has 0 aliphatic rings. The van der Waals surface area contributed by atoms with Crippen molar-refractivity contribution >= 4 is 16.9 Å². The molecule has 0 saturated carbocycles. The Morgan fingerprint density at radius 1 is 1.14 bits per heavy atom. The second-order valence-electron chi connectivity index (χ2n) is 5.49. The van der Waals surface area contributed by atoms with E-state index < -0.39 is 0 Å². The highest BCUT2D eigenvalue weighted by Crippen LogP contribution is 2.21. The van der Waals surface area contributed by atoms with Crippen molar-refractivity contribution in [3.63, 3.8) is 0 Å². The van der Waals surface area contributed by atoms with E-state index in [9.17, 15) is 4.79 Å². The largest absolute Gasteiger partial charge is 0.451 e. The first-order valence-corrected chi connectivity index (χ1v) is 7.53. The molecule has 0 fully saturated rings. The summed E-state index contributed by atoms with van der Waals surface area (Å²) in [6.45, 7) is 4.11. The SMILES string of the molecule is CCC(NC(=O)c1cc2ccccc2o1)c1ccc(C)cc1. The van der Waals surface area contributed by atoms with Gasteiger partial charge in [-0.3, -0.25) is 4.79 Å². The van der Waals surface area contributed by atoms with Crippen LogP contribution in [-0.2, 0) is 0 Å². The smallest absolute Gasteiger partial charge is 0.287 e. The Balaban J connectivity index is 1.80. The molecular formula is C19H19NO2. The van der Waals surface area contributed by atoms with Crippen LogP contribution in [0, 0.1) is 6.92 Å². The minimum Gasteiger partial charge on any atom is -0.451 e. The van der Waals surface area contributed by atoms with E-state index in [0.717, 1.165) is 23.0 Å². The van der Waals surface area contributed by atoms with Gasteiger partial charge in [-0.05, 0) is 31.0 Å². The maximum atomic E-state index is 12.4. The van der Waals surface area contributed by atoms with Crippen molar-refractivity contribution in [2.75, 3.05) is 0 Å². The second-order valence-corrected chi connectivity index (χ2v) is 5.49. The topological polar surface area (TPSA) is 42.2 Å². The highest BCUT2D eigenvalue weighted by atomic mass is 16.3. The fourth-order valence-electron chi connectivity index (χ4n) is 2.54. The third-order valence-electron chi connectivity index (χ3n) is 3.84. The number of para-hydroxylation sites is 1. The first kappa shape index (κ1) is 14.4. The molecule has 3 heteroatoms. The Kier molecular flexibility index (Phi) is 3.96. The molecule has 0 saturated heterocycles. The molecule has 1 N–H and O–H groups in total. The highest BCUT2D eigenvalue weighted by molar-refractivity contribution is 5.96. The van der Waals surface area contributed by atoms with Crippen molar-refractivity contribution in [1.82, 2.24) is 5.32 Å². The fourth-order valence-corrected chi connectivity index (χ4v) is 2.54. The number of benzene rings is 2. The van der Waals surface area contributed by atoms with Gasteiger partial charge in [0.1, 0.15) is 5.58 Å². The molecule has 1 aromatic heterocycles. The molecule has 1 amide bonds. The van der Waals surface area contributed by atoms with E-state index in [4.69, 9.17) is 4.42 Å². The predicted molar refractivity (Wildman–Crippen MR) is 87.9 cm³/mol. The third kappa shape index (κ3) is 2.89. The lowest BCUT2D eigenvalue weighted by Crippen LogP contribution is -2.27. The molecule has 0 radical (unpaired) electrons. The number of carbonyl (C=O) groups excluding carboxylic acids is 1. The van der Waals surface area contributed by atoms with Crippen LogP contribution in [0.1, 0.15) is 41.1 Å². The lowest BCUT2D eigenvalue weighted by atomic mass is 10.0. The molecule has 1 unspecified atom stereocenters. The molecule has 22 heavy (non-hydrogen) atoms. The molecular weight excluding hydrogens is 274 g/mol. The van der Waals surface area contributed by atoms with E-state index in [1.54, 1.807) is 6.07 Å². The summed E-state index contributed by atoms with van der Waals surface area (Å²) >= 11 is 0. The van der Waals surface area contributed by atoms with Crippen LogP contribution in [0.25, 0.3) is 11.0 Å². The number of furan rings is 1. The number of amides is 1. The summed E-state index contributed by atoms with van der Waals surface area (Å²) in [6, 6.07) is 17.6. The van der Waals surface area contributed by atoms with Gasteiger partial charge in [0.2, 0.25) is 0 Å². The van der Waals surface area contributed by atoms with Gasteiger partial charge in [0.25, 0.3) is 5.91 Å². The molecule has 0 spiro atoms. The van der Waals surface area contributed by atoms with Crippen LogP contribution in [0.3, 0.4) is 0 Å². The summed E-state index contributed by atoms with van der Waals surface area (Å²) in [5.41, 5.74) is 3.05. The zero-order chi connectivity index (χ0) is 15.5. The van der Waals surface area contributed by atoms with Gasteiger partial charge in [0.05, 0.1) is 6.04 Å². The monoisotopic (exact) mass is 293 g/mol. The van der Waals surface area contributed by atoms with Gasteiger partial charge >= 0.3 is 0 Å². The van der Waals surface area contributed by atoms with Crippen LogP contribution < -0.4 is 5.32 Å². The number of nitrogens with one attached hydrogen (secondary N) is 1. The minimum absolute atomic E-state index is 0.0127. The van der Waals surface area contributed by atoms with E-state index in [1.807, 2.05) is 24.3 Å². The number of hydrogen-bond acceptors (Lipinski definition) is 2. The molecule has 3 rings (SSSR count). The molecule has 0 aliphatic carbocycles. The fraction of sp³-hybridized carbons (Fsp3) is 0.211. The second kappa shape index (κ2) is 6.06. The molecule has 3 aromatic rings. The van der Waals surface area contributed by atoms with Gasteiger partial charge in [0, 0.05) is 5.39 Å². The van der Waals surface area contributed by atoms with Crippen LogP contribution in [0.15, 0.2) is 59.0 Å². The molecule has 0 bridgehead atoms. The molecule has 1 heterocycles. The van der Waals surface area contributed by atoms with Gasteiger partial charge in [-0.15, -0.1) is 0 Å². The van der Waals surface area contributed by atoms with Crippen LogP contribution in [0.5, 0.6) is 0 Å². The van der Waals surface area contributed by atoms with Crippen molar-refractivity contribution in [2.24, 2.45) is 0 Å². The maximum Gasteiger partial charge on any atom is 0.287 e. The average Bonchev–Trinajstić information content (AvgIpc) is 2.97. The van der Waals surface area contributed by atoms with E-state index in [2.05, 4.69) is 43.4 Å². The molecule has 3 nitrogen and oxygen atoms in total. The molecule has 0 aliphatic heterocycles. The number of fused-ring (bicyclic) bond motifs is 1. The highest BCUT2D eigenvalue weighted by Gasteiger charge is 2.17. The lowest BCUT2D eigenvalue weighted by molar-refractivity contribution is 0.0909. The Morgan fingerprint density at radius 2 is 1.86 bits per heavy atom. The summed E-state index contributed by atoms with van der Waals surface area (Å²) in [5, 5.41) is 3.99. The van der Waals surface area contributed by atoms with Crippen LogP contribution in [-0.4, -0.2) is 5.91 Å². The number of hydrogen-bond donors (Lipinski definition) is 1. The van der Waals surface area contributed by atoms with Gasteiger partial charge < -0.3 is 9.73 Å². The van der Waals surface area contributed by atoms with Gasteiger partial charge in [0.15, 0.2) is 5.76 Å². The average molecular weight is 293 g/mol. The first-order valence-electron chi connectivity index (χ1n) is 7.53. The van der Waals surface area contributed by atoms with E-state index in [-0.39, 0.29) is 11.9 Å². The van der Waals surface area contributed by atoms with Crippen molar-refractivity contribution in [1.29, 1.82) is 0 Å². The Labute approximate surface area is 130 Å². The summed E-state index contributed by atoms with van der Waals surface area (Å²) < 4.78 is 5.62. The maximum absolute atomic E-state index is 12.4. The third-order valence-corrected chi connectivity index (χ3v) is 3.84. The van der Waals surface area contributed by atoms with Crippen molar-refractivity contribution in [3.8, 4) is 0 Å². The first-order chi connectivity index (χ1) is 10.7. The van der Waals surface area contributed by atoms with Gasteiger partial charge in [-0.2, -0.15) is 0 Å². The predicted octanol–water partition coefficient (Wildman–Crippen LogP) is 4.62. The van der Waals surface area contributed by atoms with Gasteiger partial charge in [-0.25, -0.2) is 0 Å². The zero-order valence-electron chi connectivity index (χ0n) is 12.8. The summed E-state index contributed by atoms with van der Waals surface area (Å²) in [4.78, 5) is 12.4. The van der Waals surface area contributed by atoms with Crippen LogP contribution in [0.4, 0.5) is 0 Å². The quantitative estimate of drug-likeness (QED) is 0.762. The molecule has 2 aromatic carbocycles. The summed E-state index contributed by atoms with van der Waals surface area (Å²) in [5.74, 6) is 0.176. The van der Waals surface area contributed by atoms with E-state index in [0.29, 0.717) is 5.76 Å². The van der Waals surface area contributed by atoms with Crippen molar-refractivity contribution in [2.45, 2.75) is 26.3 Å². The normalized spacial score (nSPS) is 12.3. The van der Waals surface area contributed by atoms with Crippen LogP contribution >= 0.6 is 0 Å². The Hall–Kier alpha value is -2.55. The van der Waals surface area contributed by atoms with Gasteiger partial charge in [-0.1, -0.05) is 55.0 Å². The van der Waals surface area contributed by atoms with E-state index in [1.165, 1.54) is 5.56 Å². The van der Waals surface area contributed by atoms with Crippen molar-refractivity contribution < 1.29 is 9.21 Å². The number of aryl methyl sites for hydroxylation is 1. The van der Waals surface area contributed by atoms with Crippen molar-refractivity contribution in [3.05, 3.63) is 71.5 Å². The number of carbonyl (C=O) groups is 1. The lowest BCUT2D eigenvalue weighted by Gasteiger charge is -2.16. The van der Waals surface area contributed by atoms with E-state index >= 15 is 0 Å². The number of rotatable bonds is 4. The Bertz CT molecular complexity index is 754. The zero-order valence-corrected chi connectivity index (χ0v) is 12.8. The molecule has 1 atom stereocenters. The standard InChI is InChI=1S/C19H19NO2/c1-3-16(14-10-8-13(2)9-11-14)20-19(21)18-12-15-6-4-5-7-17(15)22-18/h4-12,16H,3H2,1-2H3,(H,20,21). The van der Waals surface area contributed by atoms with Crippen LogP contribution in [0.2, 0.25) is 0 Å². The summed E-state index contributed by atoms with van der Waals surface area (Å²) in [7, 11) is 0. The minimum atomic E-state index is -0.177. The Morgan fingerprint density at radius 3 is 2.55 bits per heavy atom. The molecule has 112 valence electrons. The summed E-state index contributed by atoms with van der Waals surface area (Å²) in [6.07, 6.45) is 0.828.